The summed E-state index contributed by atoms with van der Waals surface area (Å²) < 4.78 is 33.1. The number of sulfonamides is 1. The van der Waals surface area contributed by atoms with E-state index in [1.54, 1.807) is 13.0 Å². The third-order valence-electron chi connectivity index (χ3n) is 4.53. The van der Waals surface area contributed by atoms with Crippen LogP contribution in [0.3, 0.4) is 0 Å². The van der Waals surface area contributed by atoms with E-state index in [9.17, 15) is 18.0 Å². The first-order valence-electron chi connectivity index (χ1n) is 10.1. The van der Waals surface area contributed by atoms with Crippen molar-refractivity contribution in [3.05, 3.63) is 23.9 Å². The predicted molar refractivity (Wildman–Crippen MR) is 121 cm³/mol. The van der Waals surface area contributed by atoms with Gasteiger partial charge in [0.05, 0.1) is 17.7 Å². The average molecular weight is 485 g/mol. The highest BCUT2D eigenvalue weighted by Gasteiger charge is 2.22. The van der Waals surface area contributed by atoms with Gasteiger partial charge < -0.3 is 10.1 Å². The third kappa shape index (κ3) is 6.99. The van der Waals surface area contributed by atoms with Gasteiger partial charge in [0.15, 0.2) is 5.13 Å². The Morgan fingerprint density at radius 3 is 2.59 bits per heavy atom. The molecule has 0 radical (unpaired) electrons. The van der Waals surface area contributed by atoms with Crippen LogP contribution in [0.1, 0.15) is 44.7 Å². The van der Waals surface area contributed by atoms with Crippen molar-refractivity contribution >= 4 is 38.3 Å². The second-order valence-corrected chi connectivity index (χ2v) is 9.72. The van der Waals surface area contributed by atoms with Gasteiger partial charge in [-0.1, -0.05) is 31.1 Å². The average Bonchev–Trinajstić information content (AvgIpc) is 3.12. The first-order chi connectivity index (χ1) is 15.2. The van der Waals surface area contributed by atoms with Gasteiger partial charge >= 0.3 is 0 Å². The Hall–Kier alpha value is -2.54. The minimum atomic E-state index is -4.00. The van der Waals surface area contributed by atoms with Crippen molar-refractivity contribution in [1.29, 1.82) is 0 Å². The lowest BCUT2D eigenvalue weighted by molar-refractivity contribution is -0.129. The number of benzene rings is 1. The largest absolute Gasteiger partial charge is 0.495 e. The minimum Gasteiger partial charge on any atom is -0.495 e. The van der Waals surface area contributed by atoms with E-state index >= 15 is 0 Å². The summed E-state index contributed by atoms with van der Waals surface area (Å²) in [6, 6.07) is 4.71. The molecule has 0 unspecified atom stereocenters. The number of aryl methyl sites for hydroxylation is 1. The van der Waals surface area contributed by atoms with Gasteiger partial charge in [0.2, 0.25) is 21.8 Å². The number of carbonyl (C=O) groups excluding carboxylic acids is 2. The molecular formula is C20H28N4O6S2. The summed E-state index contributed by atoms with van der Waals surface area (Å²) in [6.45, 7) is 3.65. The highest BCUT2D eigenvalue weighted by molar-refractivity contribution is 7.89. The molecule has 176 valence electrons. The molecule has 1 heterocycles. The molecule has 12 heteroatoms. The molecule has 1 aromatic heterocycles. The zero-order valence-electron chi connectivity index (χ0n) is 18.2. The van der Waals surface area contributed by atoms with Gasteiger partial charge in [-0.3, -0.25) is 14.8 Å². The fraction of sp³-hybridized carbons (Fsp3) is 0.450. The molecule has 2 amide bonds. The third-order valence-corrected chi connectivity index (χ3v) is 7.14. The number of nitrogens with one attached hydrogen (secondary N) is 3. The Bertz CT molecular complexity index is 1050. The van der Waals surface area contributed by atoms with E-state index in [0.29, 0.717) is 27.7 Å². The molecular weight excluding hydrogens is 456 g/mol. The van der Waals surface area contributed by atoms with Gasteiger partial charge in [-0.2, -0.15) is 0 Å². The number of hydroxylamine groups is 1. The zero-order valence-corrected chi connectivity index (χ0v) is 19.9. The van der Waals surface area contributed by atoms with E-state index in [0.717, 1.165) is 19.3 Å². The molecule has 2 rings (SSSR count). The number of ether oxygens (including phenoxy) is 1. The number of methoxy groups -OCH3 is 1. The summed E-state index contributed by atoms with van der Waals surface area (Å²) in [4.78, 5) is 28.2. The monoisotopic (exact) mass is 484 g/mol. The Morgan fingerprint density at radius 2 is 1.94 bits per heavy atom. The quantitative estimate of drug-likeness (QED) is 0.206. The standard InChI is InChI=1S/C20H28N4O6S2/c1-4-5-6-7-17(25)23-20-22-13(2)19(31-20)14-8-9-15(30-3)16(12-14)32(28,29)21-11-10-18(26)24-27/h8-9,12,21,27H,4-7,10-11H2,1-3H3,(H,24,26)(H,22,23,25). The SMILES string of the molecule is CCCCCC(=O)Nc1nc(C)c(-c2ccc(OC)c(S(=O)(=O)NCCC(=O)NO)c2)s1. The molecule has 0 spiro atoms. The highest BCUT2D eigenvalue weighted by Crippen LogP contribution is 2.36. The fourth-order valence-electron chi connectivity index (χ4n) is 2.90. The number of amides is 2. The van der Waals surface area contributed by atoms with Crippen molar-refractivity contribution in [2.24, 2.45) is 0 Å². The number of anilines is 1. The number of nitrogens with zero attached hydrogens (tertiary/aromatic N) is 1. The maximum absolute atomic E-state index is 12.8. The van der Waals surface area contributed by atoms with Crippen molar-refractivity contribution in [3.8, 4) is 16.2 Å². The van der Waals surface area contributed by atoms with Crippen molar-refractivity contribution in [2.45, 2.75) is 50.8 Å². The molecule has 0 aliphatic rings. The number of carbonyl (C=O) groups is 2. The molecule has 4 N–H and O–H groups in total. The summed E-state index contributed by atoms with van der Waals surface area (Å²) in [7, 11) is -2.64. The fourth-order valence-corrected chi connectivity index (χ4v) is 5.10. The van der Waals surface area contributed by atoms with Crippen molar-refractivity contribution in [1.82, 2.24) is 15.2 Å². The Balaban J connectivity index is 2.25. The number of rotatable bonds is 12. The molecule has 10 nitrogen and oxygen atoms in total. The van der Waals surface area contributed by atoms with E-state index in [-0.39, 0.29) is 29.5 Å². The maximum Gasteiger partial charge on any atom is 0.244 e. The summed E-state index contributed by atoms with van der Waals surface area (Å²) in [6.07, 6.45) is 3.02. The van der Waals surface area contributed by atoms with Gasteiger partial charge in [-0.25, -0.2) is 23.6 Å². The molecule has 2 aromatic rings. The molecule has 0 atom stereocenters. The predicted octanol–water partition coefficient (Wildman–Crippen LogP) is 2.82. The number of aromatic nitrogens is 1. The van der Waals surface area contributed by atoms with E-state index in [1.165, 1.54) is 36.1 Å². The molecule has 0 aliphatic heterocycles. The molecule has 0 bridgehead atoms. The van der Waals surface area contributed by atoms with Crippen LogP contribution in [0.25, 0.3) is 10.4 Å². The van der Waals surface area contributed by atoms with Gasteiger partial charge in [0.25, 0.3) is 0 Å². The number of thiazole rings is 1. The molecule has 0 aliphatic carbocycles. The Kier molecular flexibility index (Phi) is 9.57. The lowest BCUT2D eigenvalue weighted by Gasteiger charge is -2.12. The van der Waals surface area contributed by atoms with Crippen LogP contribution < -0.4 is 20.3 Å². The summed E-state index contributed by atoms with van der Waals surface area (Å²) >= 11 is 1.26. The smallest absolute Gasteiger partial charge is 0.244 e. The van der Waals surface area contributed by atoms with Crippen LogP contribution in [0.4, 0.5) is 5.13 Å². The maximum atomic E-state index is 12.8. The topological polar surface area (TPSA) is 147 Å². The second-order valence-electron chi connectivity index (χ2n) is 6.99. The first-order valence-corrected chi connectivity index (χ1v) is 12.4. The van der Waals surface area contributed by atoms with Gasteiger partial charge in [-0.05, 0) is 37.1 Å². The van der Waals surface area contributed by atoms with Crippen LogP contribution >= 0.6 is 11.3 Å². The van der Waals surface area contributed by atoms with Crippen molar-refractivity contribution in [3.63, 3.8) is 0 Å². The summed E-state index contributed by atoms with van der Waals surface area (Å²) in [5.74, 6) is -0.676. The van der Waals surface area contributed by atoms with Crippen molar-refractivity contribution < 1.29 is 28.0 Å². The van der Waals surface area contributed by atoms with Crippen LogP contribution in [0.5, 0.6) is 5.75 Å². The van der Waals surface area contributed by atoms with Gasteiger partial charge in [-0.15, -0.1) is 0 Å². The molecule has 1 aromatic carbocycles. The lowest BCUT2D eigenvalue weighted by atomic mass is 10.1. The van der Waals surface area contributed by atoms with Gasteiger partial charge in [0.1, 0.15) is 10.6 Å². The summed E-state index contributed by atoms with van der Waals surface area (Å²) in [5.41, 5.74) is 2.70. The molecule has 0 saturated heterocycles. The van der Waals surface area contributed by atoms with Crippen molar-refractivity contribution in [2.75, 3.05) is 19.0 Å². The highest BCUT2D eigenvalue weighted by atomic mass is 32.2. The Morgan fingerprint density at radius 1 is 1.19 bits per heavy atom. The van der Waals surface area contributed by atoms with Crippen LogP contribution in [-0.4, -0.2) is 44.1 Å². The van der Waals surface area contributed by atoms with Crippen LogP contribution in [0, 0.1) is 6.92 Å². The lowest BCUT2D eigenvalue weighted by Crippen LogP contribution is -2.29. The van der Waals surface area contributed by atoms with Crippen LogP contribution in [0.15, 0.2) is 23.1 Å². The van der Waals surface area contributed by atoms with E-state index in [4.69, 9.17) is 9.94 Å². The van der Waals surface area contributed by atoms with Crippen LogP contribution in [-0.2, 0) is 19.6 Å². The Labute approximate surface area is 191 Å². The minimum absolute atomic E-state index is 0.0974. The molecule has 32 heavy (non-hydrogen) atoms. The van der Waals surface area contributed by atoms with E-state index in [1.807, 2.05) is 0 Å². The second kappa shape index (κ2) is 11.9. The number of hydrogen-bond acceptors (Lipinski definition) is 8. The van der Waals surface area contributed by atoms with Gasteiger partial charge in [0, 0.05) is 19.4 Å². The van der Waals surface area contributed by atoms with Crippen LogP contribution in [0.2, 0.25) is 0 Å². The van der Waals surface area contributed by atoms with E-state index < -0.39 is 15.9 Å². The number of unbranched alkanes of at least 4 members (excludes halogenated alkanes) is 2. The normalized spacial score (nSPS) is 11.2. The van der Waals surface area contributed by atoms with E-state index in [2.05, 4.69) is 21.9 Å². The zero-order chi connectivity index (χ0) is 23.7. The molecule has 0 fully saturated rings. The first kappa shape index (κ1) is 25.7. The summed E-state index contributed by atoms with van der Waals surface area (Å²) in [5, 5.41) is 11.8. The molecule has 0 saturated carbocycles. The number of hydrogen-bond donors (Lipinski definition) is 4.